The molecular weight excluding hydrogens is 462 g/mol. The van der Waals surface area contributed by atoms with Crippen LogP contribution in [0.2, 0.25) is 5.02 Å². The zero-order chi connectivity index (χ0) is 24.8. The molecule has 0 aromatic heterocycles. The van der Waals surface area contributed by atoms with Gasteiger partial charge >= 0.3 is 0 Å². The summed E-state index contributed by atoms with van der Waals surface area (Å²) in [5.74, 6) is -0.515. The number of anilines is 1. The van der Waals surface area contributed by atoms with Crippen molar-refractivity contribution in [3.63, 3.8) is 0 Å². The highest BCUT2D eigenvalue weighted by Gasteiger charge is 2.30. The van der Waals surface area contributed by atoms with Gasteiger partial charge in [0.2, 0.25) is 21.8 Å². The molecular formula is C24H32ClN3O4S. The van der Waals surface area contributed by atoms with Gasteiger partial charge in [0.1, 0.15) is 12.6 Å². The molecule has 0 bridgehead atoms. The molecule has 0 aliphatic rings. The molecule has 0 fully saturated rings. The fourth-order valence-electron chi connectivity index (χ4n) is 3.26. The van der Waals surface area contributed by atoms with Crippen LogP contribution in [0.4, 0.5) is 5.69 Å². The zero-order valence-corrected chi connectivity index (χ0v) is 21.3. The molecule has 2 rings (SSSR count). The van der Waals surface area contributed by atoms with Crippen LogP contribution in [0.1, 0.15) is 31.9 Å². The molecule has 0 aliphatic heterocycles. The number of rotatable bonds is 10. The van der Waals surface area contributed by atoms with E-state index >= 15 is 0 Å². The summed E-state index contributed by atoms with van der Waals surface area (Å²) < 4.78 is 26.0. The molecule has 0 spiro atoms. The smallest absolute Gasteiger partial charge is 0.244 e. The third-order valence-corrected chi connectivity index (χ3v) is 6.47. The second-order valence-corrected chi connectivity index (χ2v) is 10.9. The number of halogens is 1. The molecule has 0 radical (unpaired) electrons. The molecule has 2 amide bonds. The number of nitrogens with zero attached hydrogens (tertiary/aromatic N) is 2. The number of carbonyl (C=O) groups excluding carboxylic acids is 2. The number of carbonyl (C=O) groups is 2. The molecule has 33 heavy (non-hydrogen) atoms. The highest BCUT2D eigenvalue weighted by molar-refractivity contribution is 7.92. The lowest BCUT2D eigenvalue weighted by Gasteiger charge is -2.31. The molecule has 0 saturated carbocycles. The zero-order valence-electron chi connectivity index (χ0n) is 19.7. The van der Waals surface area contributed by atoms with Gasteiger partial charge in [-0.25, -0.2) is 8.42 Å². The number of hydrogen-bond acceptors (Lipinski definition) is 4. The lowest BCUT2D eigenvalue weighted by atomic mass is 10.1. The number of benzene rings is 2. The largest absolute Gasteiger partial charge is 0.354 e. The van der Waals surface area contributed by atoms with E-state index in [-0.39, 0.29) is 18.4 Å². The van der Waals surface area contributed by atoms with Crippen LogP contribution in [-0.2, 0) is 26.2 Å². The maximum Gasteiger partial charge on any atom is 0.244 e. The second-order valence-electron chi connectivity index (χ2n) is 8.57. The van der Waals surface area contributed by atoms with Gasteiger partial charge in [0.15, 0.2) is 0 Å². The lowest BCUT2D eigenvalue weighted by molar-refractivity contribution is -0.139. The van der Waals surface area contributed by atoms with Crippen LogP contribution in [0, 0.1) is 12.8 Å². The topological polar surface area (TPSA) is 86.8 Å². The van der Waals surface area contributed by atoms with E-state index in [0.717, 1.165) is 21.7 Å². The van der Waals surface area contributed by atoms with Crippen molar-refractivity contribution in [1.82, 2.24) is 10.2 Å². The van der Waals surface area contributed by atoms with E-state index in [2.05, 4.69) is 5.32 Å². The molecule has 0 heterocycles. The fourth-order valence-corrected chi connectivity index (χ4v) is 4.24. The van der Waals surface area contributed by atoms with Gasteiger partial charge in [0, 0.05) is 18.1 Å². The first-order chi connectivity index (χ1) is 15.4. The number of sulfonamides is 1. The van der Waals surface area contributed by atoms with Gasteiger partial charge in [-0.05, 0) is 49.6 Å². The van der Waals surface area contributed by atoms with Crippen molar-refractivity contribution in [2.75, 3.05) is 23.7 Å². The molecule has 1 N–H and O–H groups in total. The van der Waals surface area contributed by atoms with Crippen molar-refractivity contribution in [2.24, 2.45) is 5.92 Å². The van der Waals surface area contributed by atoms with Crippen LogP contribution in [0.15, 0.2) is 48.5 Å². The number of nitrogens with one attached hydrogen (secondary N) is 1. The Kier molecular flexibility index (Phi) is 9.31. The van der Waals surface area contributed by atoms with Crippen LogP contribution in [0.3, 0.4) is 0 Å². The summed E-state index contributed by atoms with van der Waals surface area (Å²) in [6.45, 7) is 7.78. The van der Waals surface area contributed by atoms with Gasteiger partial charge in [-0.2, -0.15) is 0 Å². The highest BCUT2D eigenvalue weighted by Crippen LogP contribution is 2.21. The van der Waals surface area contributed by atoms with Crippen molar-refractivity contribution < 1.29 is 18.0 Å². The Morgan fingerprint density at radius 2 is 1.70 bits per heavy atom. The molecule has 1 atom stereocenters. The second kappa shape index (κ2) is 11.5. The van der Waals surface area contributed by atoms with Crippen molar-refractivity contribution in [1.29, 1.82) is 0 Å². The van der Waals surface area contributed by atoms with Gasteiger partial charge in [-0.1, -0.05) is 55.3 Å². The summed E-state index contributed by atoms with van der Waals surface area (Å²) in [6, 6.07) is 13.1. The maximum atomic E-state index is 13.4. The summed E-state index contributed by atoms with van der Waals surface area (Å²) in [5.41, 5.74) is 2.20. The Bertz CT molecular complexity index is 1070. The van der Waals surface area contributed by atoms with Gasteiger partial charge < -0.3 is 10.2 Å². The van der Waals surface area contributed by atoms with E-state index in [1.807, 2.05) is 45.0 Å². The van der Waals surface area contributed by atoms with Crippen LogP contribution in [0.25, 0.3) is 0 Å². The van der Waals surface area contributed by atoms with Crippen LogP contribution in [0.5, 0.6) is 0 Å². The summed E-state index contributed by atoms with van der Waals surface area (Å²) in [6.07, 6.45) is 1.04. The fraction of sp³-hybridized carbons (Fsp3) is 0.417. The predicted octanol–water partition coefficient (Wildman–Crippen LogP) is 3.60. The van der Waals surface area contributed by atoms with E-state index in [9.17, 15) is 18.0 Å². The standard InChI is InChI=1S/C24H32ClN3O4S/c1-17(2)14-26-24(30)19(4)27(15-20-8-6-7-18(3)13-20)23(29)16-28(33(5,31)32)22-11-9-21(25)10-12-22/h6-13,17,19H,14-16H2,1-5H3,(H,26,30). The monoisotopic (exact) mass is 493 g/mol. The Labute approximate surface area is 201 Å². The van der Waals surface area contributed by atoms with Crippen LogP contribution in [-0.4, -0.2) is 50.5 Å². The summed E-state index contributed by atoms with van der Waals surface area (Å²) >= 11 is 5.93. The number of amides is 2. The Balaban J connectivity index is 2.35. The average molecular weight is 494 g/mol. The number of aryl methyl sites for hydroxylation is 1. The first-order valence-electron chi connectivity index (χ1n) is 10.7. The molecule has 2 aromatic rings. The maximum absolute atomic E-state index is 13.4. The third-order valence-electron chi connectivity index (χ3n) is 5.08. The average Bonchev–Trinajstić information content (AvgIpc) is 2.73. The van der Waals surface area contributed by atoms with Crippen molar-refractivity contribution in [2.45, 2.75) is 40.3 Å². The van der Waals surface area contributed by atoms with E-state index in [1.165, 1.54) is 4.90 Å². The molecule has 0 saturated heterocycles. The van der Waals surface area contributed by atoms with Crippen molar-refractivity contribution in [3.8, 4) is 0 Å². The van der Waals surface area contributed by atoms with E-state index in [1.54, 1.807) is 31.2 Å². The SMILES string of the molecule is Cc1cccc(CN(C(=O)CN(c2ccc(Cl)cc2)S(C)(=O)=O)C(C)C(=O)NCC(C)C)c1. The normalized spacial score (nSPS) is 12.3. The van der Waals surface area contributed by atoms with E-state index in [0.29, 0.717) is 17.3 Å². The molecule has 2 aromatic carbocycles. The summed E-state index contributed by atoms with van der Waals surface area (Å²) in [7, 11) is -3.76. The van der Waals surface area contributed by atoms with E-state index in [4.69, 9.17) is 11.6 Å². The van der Waals surface area contributed by atoms with Gasteiger partial charge in [0.25, 0.3) is 0 Å². The van der Waals surface area contributed by atoms with Crippen molar-refractivity contribution in [3.05, 3.63) is 64.7 Å². The quantitative estimate of drug-likeness (QED) is 0.547. The van der Waals surface area contributed by atoms with Crippen LogP contribution >= 0.6 is 11.6 Å². The molecule has 180 valence electrons. The van der Waals surface area contributed by atoms with Gasteiger partial charge in [-0.3, -0.25) is 13.9 Å². The highest BCUT2D eigenvalue weighted by atomic mass is 35.5. The van der Waals surface area contributed by atoms with E-state index < -0.39 is 28.5 Å². The first kappa shape index (κ1) is 26.7. The lowest BCUT2D eigenvalue weighted by Crippen LogP contribution is -2.51. The third kappa shape index (κ3) is 8.05. The molecule has 9 heteroatoms. The summed E-state index contributed by atoms with van der Waals surface area (Å²) in [4.78, 5) is 27.6. The predicted molar refractivity (Wildman–Crippen MR) is 133 cm³/mol. The Morgan fingerprint density at radius 1 is 1.06 bits per heavy atom. The minimum atomic E-state index is -3.76. The molecule has 1 unspecified atom stereocenters. The Hall–Kier alpha value is -2.58. The minimum Gasteiger partial charge on any atom is -0.354 e. The van der Waals surface area contributed by atoms with Crippen LogP contribution < -0.4 is 9.62 Å². The van der Waals surface area contributed by atoms with Crippen molar-refractivity contribution >= 4 is 39.1 Å². The molecule has 7 nitrogen and oxygen atoms in total. The van der Waals surface area contributed by atoms with Gasteiger partial charge in [0.05, 0.1) is 11.9 Å². The molecule has 0 aliphatic carbocycles. The Morgan fingerprint density at radius 3 is 2.24 bits per heavy atom. The minimum absolute atomic E-state index is 0.176. The summed E-state index contributed by atoms with van der Waals surface area (Å²) in [5, 5.41) is 3.31. The first-order valence-corrected chi connectivity index (χ1v) is 13.0. The van der Waals surface area contributed by atoms with Gasteiger partial charge in [-0.15, -0.1) is 0 Å². The number of hydrogen-bond donors (Lipinski definition) is 1.